The number of benzene rings is 1. The molecule has 20 heavy (non-hydrogen) atoms. The molecular weight excluding hydrogens is 250 g/mol. The minimum absolute atomic E-state index is 0.455. The Hall–Kier alpha value is -2.49. The van der Waals surface area contributed by atoms with Gasteiger partial charge in [-0.3, -0.25) is 9.78 Å². The van der Waals surface area contributed by atoms with E-state index in [1.54, 1.807) is 12.4 Å². The van der Waals surface area contributed by atoms with Crippen molar-refractivity contribution >= 4 is 17.2 Å². The molecule has 1 aliphatic rings. The Morgan fingerprint density at radius 1 is 1.20 bits per heavy atom. The highest BCUT2D eigenvalue weighted by Crippen LogP contribution is 2.42. The topological polar surface area (TPSA) is 47.8 Å². The van der Waals surface area contributed by atoms with E-state index in [0.717, 1.165) is 41.4 Å². The lowest BCUT2D eigenvalue weighted by atomic mass is 10.1. The predicted octanol–water partition coefficient (Wildman–Crippen LogP) is 3.11. The van der Waals surface area contributed by atoms with Crippen LogP contribution in [0.5, 0.6) is 0 Å². The van der Waals surface area contributed by atoms with E-state index in [4.69, 9.17) is 0 Å². The molecule has 0 atom stereocenters. The Labute approximate surface area is 116 Å². The second-order valence-corrected chi connectivity index (χ2v) is 5.14. The third kappa shape index (κ3) is 1.65. The van der Waals surface area contributed by atoms with Crippen molar-refractivity contribution in [2.24, 2.45) is 0 Å². The summed E-state index contributed by atoms with van der Waals surface area (Å²) in [6.07, 6.45) is 6.60. The quantitative estimate of drug-likeness (QED) is 0.682. The Balaban J connectivity index is 2.00. The summed E-state index contributed by atoms with van der Waals surface area (Å²) in [5.74, 6) is 0.455. The fraction of sp³-hybridized carbons (Fsp3) is 0.188. The zero-order valence-corrected chi connectivity index (χ0v) is 10.9. The Morgan fingerprint density at radius 2 is 2.05 bits per heavy atom. The van der Waals surface area contributed by atoms with Crippen LogP contribution in [0.1, 0.15) is 34.8 Å². The molecule has 0 saturated heterocycles. The maximum Gasteiger partial charge on any atom is 0.153 e. The number of para-hydroxylation sites is 1. The van der Waals surface area contributed by atoms with Gasteiger partial charge in [-0.2, -0.15) is 5.10 Å². The molecule has 4 nitrogen and oxygen atoms in total. The lowest BCUT2D eigenvalue weighted by Crippen LogP contribution is -2.03. The summed E-state index contributed by atoms with van der Waals surface area (Å²) < 4.78 is 1.89. The van der Waals surface area contributed by atoms with Crippen LogP contribution in [0.15, 0.2) is 42.7 Å². The van der Waals surface area contributed by atoms with Gasteiger partial charge in [-0.15, -0.1) is 0 Å². The molecule has 0 radical (unpaired) electrons. The number of carbonyl (C=O) groups is 1. The van der Waals surface area contributed by atoms with E-state index in [1.807, 2.05) is 35.0 Å². The molecule has 0 bridgehead atoms. The number of nitrogens with zero attached hydrogens (tertiary/aromatic N) is 3. The lowest BCUT2D eigenvalue weighted by molar-refractivity contribution is 0.112. The summed E-state index contributed by atoms with van der Waals surface area (Å²) in [6.45, 7) is 0. The highest BCUT2D eigenvalue weighted by atomic mass is 16.1. The molecule has 3 aromatic rings. The van der Waals surface area contributed by atoms with E-state index >= 15 is 0 Å². The molecule has 1 aliphatic carbocycles. The van der Waals surface area contributed by atoms with Gasteiger partial charge in [-0.25, -0.2) is 4.68 Å². The molecule has 4 rings (SSSR count). The average Bonchev–Trinajstić information content (AvgIpc) is 3.25. The Kier molecular flexibility index (Phi) is 2.42. The highest BCUT2D eigenvalue weighted by molar-refractivity contribution is 5.87. The lowest BCUT2D eigenvalue weighted by Gasteiger charge is -2.09. The summed E-state index contributed by atoms with van der Waals surface area (Å²) >= 11 is 0. The van der Waals surface area contributed by atoms with Crippen LogP contribution < -0.4 is 0 Å². The van der Waals surface area contributed by atoms with Gasteiger partial charge in [0.05, 0.1) is 28.7 Å². The molecule has 4 heteroatoms. The number of carbonyl (C=O) groups excluding carboxylic acids is 1. The largest absolute Gasteiger partial charge is 0.298 e. The summed E-state index contributed by atoms with van der Waals surface area (Å²) in [5.41, 5.74) is 3.58. The first kappa shape index (κ1) is 11.3. The molecule has 0 N–H and O–H groups in total. The van der Waals surface area contributed by atoms with Crippen LogP contribution in [0.4, 0.5) is 0 Å². The first-order valence-electron chi connectivity index (χ1n) is 6.75. The second-order valence-electron chi connectivity index (χ2n) is 5.14. The van der Waals surface area contributed by atoms with Gasteiger partial charge >= 0.3 is 0 Å². The van der Waals surface area contributed by atoms with E-state index in [9.17, 15) is 4.79 Å². The normalized spacial score (nSPS) is 14.6. The van der Waals surface area contributed by atoms with Crippen molar-refractivity contribution in [1.82, 2.24) is 14.8 Å². The van der Waals surface area contributed by atoms with Crippen molar-refractivity contribution in [3.8, 4) is 5.69 Å². The van der Waals surface area contributed by atoms with Crippen LogP contribution in [-0.2, 0) is 0 Å². The van der Waals surface area contributed by atoms with Crippen LogP contribution in [0.2, 0.25) is 0 Å². The van der Waals surface area contributed by atoms with Gasteiger partial charge in [-0.05, 0) is 25.0 Å². The number of aldehydes is 1. The van der Waals surface area contributed by atoms with E-state index in [1.165, 1.54) is 0 Å². The van der Waals surface area contributed by atoms with Gasteiger partial charge < -0.3 is 0 Å². The molecule has 0 unspecified atom stereocenters. The average molecular weight is 263 g/mol. The number of hydrogen-bond acceptors (Lipinski definition) is 3. The monoisotopic (exact) mass is 263 g/mol. The summed E-state index contributed by atoms with van der Waals surface area (Å²) in [7, 11) is 0. The smallest absolute Gasteiger partial charge is 0.153 e. The molecule has 0 aliphatic heterocycles. The summed E-state index contributed by atoms with van der Waals surface area (Å²) in [4.78, 5) is 15.7. The van der Waals surface area contributed by atoms with Gasteiger partial charge in [0.25, 0.3) is 0 Å². The predicted molar refractivity (Wildman–Crippen MR) is 76.2 cm³/mol. The SMILES string of the molecule is O=Cc1cnn(-c2cccc3cccnc23)c1C1CC1. The number of rotatable bonds is 3. The highest BCUT2D eigenvalue weighted by Gasteiger charge is 2.31. The van der Waals surface area contributed by atoms with Gasteiger partial charge in [0.2, 0.25) is 0 Å². The van der Waals surface area contributed by atoms with Crippen LogP contribution in [0.25, 0.3) is 16.6 Å². The van der Waals surface area contributed by atoms with Crippen LogP contribution in [-0.4, -0.2) is 21.1 Å². The Morgan fingerprint density at radius 3 is 2.85 bits per heavy atom. The molecule has 1 aromatic carbocycles. The van der Waals surface area contributed by atoms with E-state index in [2.05, 4.69) is 10.1 Å². The van der Waals surface area contributed by atoms with Crippen LogP contribution >= 0.6 is 0 Å². The number of fused-ring (bicyclic) bond motifs is 1. The van der Waals surface area contributed by atoms with Crippen molar-refractivity contribution in [2.75, 3.05) is 0 Å². The second kappa shape index (κ2) is 4.27. The third-order valence-electron chi connectivity index (χ3n) is 3.77. The van der Waals surface area contributed by atoms with Crippen LogP contribution in [0.3, 0.4) is 0 Å². The zero-order valence-electron chi connectivity index (χ0n) is 10.9. The van der Waals surface area contributed by atoms with Gasteiger partial charge in [0.1, 0.15) is 0 Å². The zero-order chi connectivity index (χ0) is 13.5. The molecule has 0 spiro atoms. The fourth-order valence-electron chi connectivity index (χ4n) is 2.68. The van der Waals surface area contributed by atoms with E-state index in [-0.39, 0.29) is 0 Å². The van der Waals surface area contributed by atoms with Crippen molar-refractivity contribution < 1.29 is 4.79 Å². The number of aromatic nitrogens is 3. The van der Waals surface area contributed by atoms with E-state index in [0.29, 0.717) is 11.5 Å². The molecule has 2 aromatic heterocycles. The molecule has 1 saturated carbocycles. The maximum atomic E-state index is 11.2. The number of hydrogen-bond donors (Lipinski definition) is 0. The van der Waals surface area contributed by atoms with Gasteiger partial charge in [0, 0.05) is 17.5 Å². The molecular formula is C16H13N3O. The maximum absolute atomic E-state index is 11.2. The first-order valence-corrected chi connectivity index (χ1v) is 6.75. The van der Waals surface area contributed by atoms with Crippen molar-refractivity contribution in [2.45, 2.75) is 18.8 Å². The third-order valence-corrected chi connectivity index (χ3v) is 3.77. The standard InChI is InChI=1S/C16H13N3O/c20-10-13-9-18-19(16(13)12-6-7-12)14-5-1-3-11-4-2-8-17-15(11)14/h1-5,8-10,12H,6-7H2. The molecule has 98 valence electrons. The minimum Gasteiger partial charge on any atom is -0.298 e. The number of pyridine rings is 1. The fourth-order valence-corrected chi connectivity index (χ4v) is 2.68. The van der Waals surface area contributed by atoms with Crippen molar-refractivity contribution in [3.05, 3.63) is 54.0 Å². The molecule has 0 amide bonds. The summed E-state index contributed by atoms with van der Waals surface area (Å²) in [6, 6.07) is 9.99. The molecule has 2 heterocycles. The van der Waals surface area contributed by atoms with Gasteiger partial charge in [0.15, 0.2) is 6.29 Å². The van der Waals surface area contributed by atoms with Crippen LogP contribution in [0, 0.1) is 0 Å². The molecule has 1 fully saturated rings. The first-order chi connectivity index (χ1) is 9.88. The van der Waals surface area contributed by atoms with Gasteiger partial charge in [-0.1, -0.05) is 18.2 Å². The van der Waals surface area contributed by atoms with E-state index < -0.39 is 0 Å². The minimum atomic E-state index is 0.455. The van der Waals surface area contributed by atoms with Crippen molar-refractivity contribution in [3.63, 3.8) is 0 Å². The van der Waals surface area contributed by atoms with Crippen molar-refractivity contribution in [1.29, 1.82) is 0 Å². The summed E-state index contributed by atoms with van der Waals surface area (Å²) in [5, 5.41) is 5.49. The Bertz CT molecular complexity index is 797.